The van der Waals surface area contributed by atoms with Gasteiger partial charge < -0.3 is 0 Å². The third-order valence-corrected chi connectivity index (χ3v) is 10.4. The second-order valence-electron chi connectivity index (χ2n) is 10.8. The summed E-state index contributed by atoms with van der Waals surface area (Å²) in [6.45, 7) is 7.47. The molecular weight excluding hydrogens is 445 g/mol. The van der Waals surface area contributed by atoms with Crippen LogP contribution >= 0.6 is 7.59 Å². The number of hydrogen-bond acceptors (Lipinski definition) is 8. The number of nitrogens with one attached hydrogen (secondary N) is 2. The molecule has 4 aliphatic rings. The van der Waals surface area contributed by atoms with Crippen molar-refractivity contribution >= 4 is 25.6 Å². The van der Waals surface area contributed by atoms with E-state index in [9.17, 15) is 14.4 Å². The summed E-state index contributed by atoms with van der Waals surface area (Å²) >= 11 is 0. The molecule has 33 heavy (non-hydrogen) atoms. The van der Waals surface area contributed by atoms with Gasteiger partial charge in [0.2, 0.25) is 0 Å². The SMILES string of the molecule is CC(C)C1NP2(OC(=O)N(C3CCCCC3)C3CCCCC3)(NC(C(C)C)C(=O)O2)OC1=O. The van der Waals surface area contributed by atoms with E-state index in [1.54, 1.807) is 0 Å². The van der Waals surface area contributed by atoms with Crippen molar-refractivity contribution < 1.29 is 28.0 Å². The first-order valence-electron chi connectivity index (χ1n) is 12.7. The van der Waals surface area contributed by atoms with Gasteiger partial charge in [-0.3, -0.25) is 0 Å². The molecule has 0 aromatic heterocycles. The topological polar surface area (TPSA) is 106 Å². The summed E-state index contributed by atoms with van der Waals surface area (Å²) in [5, 5.41) is 6.14. The summed E-state index contributed by atoms with van der Waals surface area (Å²) in [6.07, 6.45) is 9.86. The number of nitrogens with zero attached hydrogens (tertiary/aromatic N) is 1. The molecule has 2 aliphatic carbocycles. The second kappa shape index (κ2) is 9.31. The molecule has 2 unspecified atom stereocenters. The molecule has 1 spiro atoms. The summed E-state index contributed by atoms with van der Waals surface area (Å²) in [4.78, 5) is 41.4. The molecule has 2 saturated heterocycles. The second-order valence-corrected chi connectivity index (χ2v) is 13.6. The minimum absolute atomic E-state index is 0.0892. The molecule has 4 rings (SSSR count). The van der Waals surface area contributed by atoms with E-state index in [0.29, 0.717) is 0 Å². The first-order valence-corrected chi connectivity index (χ1v) is 14.7. The molecule has 2 aliphatic heterocycles. The number of carbonyl (C=O) groups excluding carboxylic acids is 3. The molecule has 0 bridgehead atoms. The first kappa shape index (κ1) is 24.7. The van der Waals surface area contributed by atoms with Crippen molar-refractivity contribution in [2.24, 2.45) is 11.8 Å². The number of rotatable bonds is 5. The Morgan fingerprint density at radius 2 is 1.21 bits per heavy atom. The van der Waals surface area contributed by atoms with Crippen molar-refractivity contribution in [3.05, 3.63) is 0 Å². The average Bonchev–Trinajstić information content (AvgIpc) is 3.22. The van der Waals surface area contributed by atoms with E-state index in [1.807, 2.05) is 32.6 Å². The van der Waals surface area contributed by atoms with E-state index in [4.69, 9.17) is 13.6 Å². The van der Waals surface area contributed by atoms with E-state index in [1.165, 1.54) is 12.8 Å². The van der Waals surface area contributed by atoms with Crippen molar-refractivity contribution in [2.75, 3.05) is 0 Å². The van der Waals surface area contributed by atoms with Gasteiger partial charge in [0.25, 0.3) is 0 Å². The van der Waals surface area contributed by atoms with Crippen LogP contribution in [0.5, 0.6) is 0 Å². The summed E-state index contributed by atoms with van der Waals surface area (Å²) in [6, 6.07) is -1.29. The maximum atomic E-state index is 13.9. The summed E-state index contributed by atoms with van der Waals surface area (Å²) in [5.74, 6) is -1.41. The van der Waals surface area contributed by atoms with Crippen LogP contribution in [0.4, 0.5) is 4.79 Å². The quantitative estimate of drug-likeness (QED) is 0.546. The van der Waals surface area contributed by atoms with Crippen LogP contribution in [0.2, 0.25) is 0 Å². The van der Waals surface area contributed by atoms with Gasteiger partial charge in [-0.1, -0.05) is 0 Å². The molecule has 10 heteroatoms. The fourth-order valence-electron chi connectivity index (χ4n) is 5.62. The van der Waals surface area contributed by atoms with Gasteiger partial charge in [0.1, 0.15) is 0 Å². The third-order valence-electron chi connectivity index (χ3n) is 7.47. The van der Waals surface area contributed by atoms with Gasteiger partial charge in [0.05, 0.1) is 0 Å². The summed E-state index contributed by atoms with van der Waals surface area (Å²) in [5.41, 5.74) is 0. The Kier molecular flexibility index (Phi) is 6.96. The van der Waals surface area contributed by atoms with Gasteiger partial charge in [-0.2, -0.15) is 0 Å². The van der Waals surface area contributed by atoms with Gasteiger partial charge in [0, 0.05) is 0 Å². The first-order chi connectivity index (χ1) is 15.6. The Morgan fingerprint density at radius 3 is 1.55 bits per heavy atom. The van der Waals surface area contributed by atoms with Gasteiger partial charge >= 0.3 is 197 Å². The van der Waals surface area contributed by atoms with E-state index in [2.05, 4.69) is 10.2 Å². The van der Waals surface area contributed by atoms with E-state index < -0.39 is 37.7 Å². The average molecular weight is 486 g/mol. The van der Waals surface area contributed by atoms with Crippen molar-refractivity contribution in [3.8, 4) is 0 Å². The molecule has 4 fully saturated rings. The third kappa shape index (κ3) is 4.73. The summed E-state index contributed by atoms with van der Waals surface area (Å²) in [7, 11) is -4.74. The van der Waals surface area contributed by atoms with Gasteiger partial charge in [0.15, 0.2) is 0 Å². The zero-order valence-electron chi connectivity index (χ0n) is 20.4. The molecule has 0 aromatic rings. The molecule has 2 saturated carbocycles. The molecule has 2 atom stereocenters. The Labute approximate surface area is 196 Å². The van der Waals surface area contributed by atoms with Gasteiger partial charge in [-0.05, 0) is 0 Å². The van der Waals surface area contributed by atoms with Crippen molar-refractivity contribution in [3.63, 3.8) is 0 Å². The van der Waals surface area contributed by atoms with Crippen LogP contribution in [-0.2, 0) is 23.2 Å². The zero-order valence-corrected chi connectivity index (χ0v) is 21.3. The number of amides is 1. The molecule has 2 N–H and O–H groups in total. The fourth-order valence-corrected chi connectivity index (χ4v) is 9.15. The van der Waals surface area contributed by atoms with E-state index in [-0.39, 0.29) is 23.9 Å². The van der Waals surface area contributed by atoms with Crippen LogP contribution in [0.1, 0.15) is 91.9 Å². The van der Waals surface area contributed by atoms with Crippen LogP contribution in [0.3, 0.4) is 0 Å². The predicted octanol–water partition coefficient (Wildman–Crippen LogP) is 4.56. The van der Waals surface area contributed by atoms with Crippen LogP contribution in [0.25, 0.3) is 0 Å². The Hall–Kier alpha value is -1.44. The molecule has 0 radical (unpaired) electrons. The summed E-state index contributed by atoms with van der Waals surface area (Å²) < 4.78 is 17.7. The van der Waals surface area contributed by atoms with Gasteiger partial charge in [-0.15, -0.1) is 0 Å². The van der Waals surface area contributed by atoms with E-state index >= 15 is 0 Å². The van der Waals surface area contributed by atoms with Crippen LogP contribution < -0.4 is 10.2 Å². The maximum absolute atomic E-state index is 13.9. The number of hydrogen-bond donors (Lipinski definition) is 2. The van der Waals surface area contributed by atoms with Gasteiger partial charge in [-0.25, -0.2) is 0 Å². The molecular formula is C23H40N3O6P. The monoisotopic (exact) mass is 485 g/mol. The molecule has 0 aromatic carbocycles. The Balaban J connectivity index is 1.67. The van der Waals surface area contributed by atoms with E-state index in [0.717, 1.165) is 51.4 Å². The molecule has 9 nitrogen and oxygen atoms in total. The fraction of sp³-hybridized carbons (Fsp3) is 0.870. The van der Waals surface area contributed by atoms with Crippen LogP contribution in [0.15, 0.2) is 0 Å². The predicted molar refractivity (Wildman–Crippen MR) is 125 cm³/mol. The molecule has 188 valence electrons. The van der Waals surface area contributed by atoms with Crippen molar-refractivity contribution in [1.29, 1.82) is 0 Å². The van der Waals surface area contributed by atoms with Crippen LogP contribution in [0, 0.1) is 11.8 Å². The zero-order chi connectivity index (χ0) is 23.8. The van der Waals surface area contributed by atoms with Crippen LogP contribution in [-0.4, -0.2) is 47.1 Å². The Morgan fingerprint density at radius 1 is 0.818 bits per heavy atom. The molecule has 2 heterocycles. The molecule has 1 amide bonds. The standard InChI is InChI=1S/C23H40N3O6P/c1-15(2)19-21(27)30-33(24-19,25-20(16(3)4)22(28)31-33)32-23(29)26(17-11-7-5-8-12-17)18-13-9-6-10-14-18/h15-20,24-25H,5-14H2,1-4H3. The normalized spacial score (nSPS) is 31.3. The van der Waals surface area contributed by atoms with Crippen molar-refractivity contribution in [2.45, 2.75) is 116 Å². The minimum atomic E-state index is -4.74. The Bertz CT molecular complexity index is 724. The van der Waals surface area contributed by atoms with Crippen molar-refractivity contribution in [1.82, 2.24) is 15.1 Å². The number of carbonyl (C=O) groups is 3.